The Labute approximate surface area is 127 Å². The zero-order valence-corrected chi connectivity index (χ0v) is 12.1. The Morgan fingerprint density at radius 2 is 2.10 bits per heavy atom. The second-order valence-corrected chi connectivity index (χ2v) is 5.30. The third-order valence-electron chi connectivity index (χ3n) is 3.44. The van der Waals surface area contributed by atoms with Crippen LogP contribution in [-0.4, -0.2) is 28.3 Å². The monoisotopic (exact) mass is 302 g/mol. The van der Waals surface area contributed by atoms with Crippen molar-refractivity contribution in [3.05, 3.63) is 54.2 Å². The van der Waals surface area contributed by atoms with Crippen LogP contribution in [0.15, 0.2) is 49.2 Å². The van der Waals surface area contributed by atoms with E-state index >= 15 is 0 Å². The number of amides is 1. The average molecular weight is 303 g/mol. The molecule has 1 atom stereocenters. The summed E-state index contributed by atoms with van der Waals surface area (Å²) in [6, 6.07) is 9.54. The Kier molecular flexibility index (Phi) is 3.66. The van der Waals surface area contributed by atoms with Gasteiger partial charge in [-0.3, -0.25) is 4.79 Å². The molecule has 0 saturated carbocycles. The predicted molar refractivity (Wildman–Crippen MR) is 82.8 cm³/mol. The van der Waals surface area contributed by atoms with Crippen LogP contribution < -0.4 is 10.2 Å². The highest BCUT2D eigenvalue weighted by molar-refractivity contribution is 6.30. The first-order valence-corrected chi connectivity index (χ1v) is 7.03. The van der Waals surface area contributed by atoms with Gasteiger partial charge in [0.15, 0.2) is 0 Å². The Balaban J connectivity index is 1.90. The van der Waals surface area contributed by atoms with Crippen LogP contribution in [0.4, 0.5) is 11.5 Å². The Morgan fingerprint density at radius 1 is 1.33 bits per heavy atom. The molecule has 21 heavy (non-hydrogen) atoms. The summed E-state index contributed by atoms with van der Waals surface area (Å²) < 4.78 is 1.88. The SMILES string of the molecule is C=CC(=O)NC1CN(c2ccc(Cl)cc2)c2ccnn2C1. The first kappa shape index (κ1) is 13.7. The number of carbonyl (C=O) groups is 1. The first-order valence-electron chi connectivity index (χ1n) is 6.65. The summed E-state index contributed by atoms with van der Waals surface area (Å²) >= 11 is 5.94. The standard InChI is InChI=1S/C15H15ClN4O/c1-2-14(21)18-12-9-19(13-5-3-11(16)4-6-13)15-7-8-17-20(15)10-12/h2-8,12H,1,9-10H2,(H,18,21). The molecule has 3 rings (SSSR count). The van der Waals surface area contributed by atoms with E-state index in [2.05, 4.69) is 21.9 Å². The first-order chi connectivity index (χ1) is 10.2. The largest absolute Gasteiger partial charge is 0.346 e. The van der Waals surface area contributed by atoms with Gasteiger partial charge in [0.1, 0.15) is 5.82 Å². The molecule has 0 saturated heterocycles. The van der Waals surface area contributed by atoms with Crippen molar-refractivity contribution in [3.8, 4) is 0 Å². The van der Waals surface area contributed by atoms with Gasteiger partial charge in [-0.2, -0.15) is 5.10 Å². The van der Waals surface area contributed by atoms with E-state index in [0.717, 1.165) is 11.5 Å². The van der Waals surface area contributed by atoms with Gasteiger partial charge in [-0.25, -0.2) is 4.68 Å². The summed E-state index contributed by atoms with van der Waals surface area (Å²) in [5.74, 6) is 0.827. The highest BCUT2D eigenvalue weighted by Crippen LogP contribution is 2.29. The lowest BCUT2D eigenvalue weighted by Crippen LogP contribution is -2.48. The van der Waals surface area contributed by atoms with Crippen LogP contribution in [0.3, 0.4) is 0 Å². The number of halogens is 1. The number of hydrogen-bond donors (Lipinski definition) is 1. The molecule has 5 nitrogen and oxygen atoms in total. The summed E-state index contributed by atoms with van der Waals surface area (Å²) in [7, 11) is 0. The summed E-state index contributed by atoms with van der Waals surface area (Å²) in [6.45, 7) is 4.80. The number of aromatic nitrogens is 2. The molecule has 1 amide bonds. The van der Waals surface area contributed by atoms with Crippen LogP contribution in [0.5, 0.6) is 0 Å². The maximum atomic E-state index is 11.5. The zero-order chi connectivity index (χ0) is 14.8. The van der Waals surface area contributed by atoms with Crippen molar-refractivity contribution < 1.29 is 4.79 Å². The van der Waals surface area contributed by atoms with E-state index in [0.29, 0.717) is 18.1 Å². The van der Waals surface area contributed by atoms with Crippen LogP contribution >= 0.6 is 11.6 Å². The minimum Gasteiger partial charge on any atom is -0.346 e. The second-order valence-electron chi connectivity index (χ2n) is 4.87. The maximum absolute atomic E-state index is 11.5. The van der Waals surface area contributed by atoms with Crippen molar-refractivity contribution in [2.75, 3.05) is 11.4 Å². The smallest absolute Gasteiger partial charge is 0.243 e. The highest BCUT2D eigenvalue weighted by atomic mass is 35.5. The molecule has 6 heteroatoms. The Hall–Kier alpha value is -2.27. The lowest BCUT2D eigenvalue weighted by Gasteiger charge is -2.35. The molecule has 1 unspecified atom stereocenters. The van der Waals surface area contributed by atoms with E-state index in [1.54, 1.807) is 6.20 Å². The maximum Gasteiger partial charge on any atom is 0.243 e. The highest BCUT2D eigenvalue weighted by Gasteiger charge is 2.26. The molecule has 1 aromatic heterocycles. The van der Waals surface area contributed by atoms with Crippen molar-refractivity contribution >= 4 is 29.0 Å². The molecule has 0 radical (unpaired) electrons. The Morgan fingerprint density at radius 3 is 2.81 bits per heavy atom. The lowest BCUT2D eigenvalue weighted by atomic mass is 10.2. The third kappa shape index (κ3) is 2.78. The van der Waals surface area contributed by atoms with Gasteiger partial charge in [-0.1, -0.05) is 18.2 Å². The normalized spacial score (nSPS) is 17.2. The van der Waals surface area contributed by atoms with Crippen molar-refractivity contribution in [1.82, 2.24) is 15.1 Å². The molecule has 0 spiro atoms. The molecule has 1 aliphatic heterocycles. The van der Waals surface area contributed by atoms with Gasteiger partial charge in [-0.05, 0) is 30.3 Å². The number of carbonyl (C=O) groups excluding carboxylic acids is 1. The van der Waals surface area contributed by atoms with Gasteiger partial charge in [0, 0.05) is 23.3 Å². The van der Waals surface area contributed by atoms with Crippen LogP contribution in [0.25, 0.3) is 0 Å². The van der Waals surface area contributed by atoms with Gasteiger partial charge < -0.3 is 10.2 Å². The number of benzene rings is 1. The molecule has 2 heterocycles. The summed E-state index contributed by atoms with van der Waals surface area (Å²) in [4.78, 5) is 13.6. The number of fused-ring (bicyclic) bond motifs is 1. The molecule has 1 aliphatic rings. The van der Waals surface area contributed by atoms with Crippen LogP contribution in [-0.2, 0) is 11.3 Å². The minimum absolute atomic E-state index is 0.0291. The lowest BCUT2D eigenvalue weighted by molar-refractivity contribution is -0.117. The van der Waals surface area contributed by atoms with Gasteiger partial charge in [-0.15, -0.1) is 0 Å². The fourth-order valence-corrected chi connectivity index (χ4v) is 2.61. The summed E-state index contributed by atoms with van der Waals surface area (Å²) in [5, 5.41) is 7.93. The molecule has 2 aromatic rings. The third-order valence-corrected chi connectivity index (χ3v) is 3.69. The zero-order valence-electron chi connectivity index (χ0n) is 11.4. The molecule has 1 N–H and O–H groups in total. The molecule has 0 aliphatic carbocycles. The van der Waals surface area contributed by atoms with E-state index in [-0.39, 0.29) is 11.9 Å². The van der Waals surface area contributed by atoms with E-state index in [4.69, 9.17) is 11.6 Å². The number of rotatable bonds is 3. The molecule has 1 aromatic carbocycles. The van der Waals surface area contributed by atoms with E-state index < -0.39 is 0 Å². The fraction of sp³-hybridized carbons (Fsp3) is 0.200. The van der Waals surface area contributed by atoms with Gasteiger partial charge >= 0.3 is 0 Å². The summed E-state index contributed by atoms with van der Waals surface area (Å²) in [5.41, 5.74) is 1.01. The number of nitrogens with zero attached hydrogens (tertiary/aromatic N) is 3. The minimum atomic E-state index is -0.174. The molecular weight excluding hydrogens is 288 g/mol. The van der Waals surface area contributed by atoms with Gasteiger partial charge in [0.25, 0.3) is 0 Å². The van der Waals surface area contributed by atoms with Crippen molar-refractivity contribution in [1.29, 1.82) is 0 Å². The second kappa shape index (κ2) is 5.61. The van der Waals surface area contributed by atoms with Crippen LogP contribution in [0.2, 0.25) is 5.02 Å². The van der Waals surface area contributed by atoms with Crippen molar-refractivity contribution in [2.45, 2.75) is 12.6 Å². The topological polar surface area (TPSA) is 50.2 Å². The van der Waals surface area contributed by atoms with Gasteiger partial charge in [0.05, 0.1) is 18.8 Å². The molecular formula is C15H15ClN4O. The predicted octanol–water partition coefficient (Wildman–Crippen LogP) is 2.36. The van der Waals surface area contributed by atoms with Crippen LogP contribution in [0.1, 0.15) is 0 Å². The summed E-state index contributed by atoms with van der Waals surface area (Å²) in [6.07, 6.45) is 3.04. The number of anilines is 2. The molecule has 0 bridgehead atoms. The van der Waals surface area contributed by atoms with Gasteiger partial charge in [0.2, 0.25) is 5.91 Å². The number of nitrogens with one attached hydrogen (secondary N) is 1. The van der Waals surface area contributed by atoms with Crippen LogP contribution in [0, 0.1) is 0 Å². The molecule has 0 fully saturated rings. The fourth-order valence-electron chi connectivity index (χ4n) is 2.49. The van der Waals surface area contributed by atoms with E-state index in [9.17, 15) is 4.79 Å². The van der Waals surface area contributed by atoms with Crippen molar-refractivity contribution in [3.63, 3.8) is 0 Å². The Bertz CT molecular complexity index is 665. The average Bonchev–Trinajstić information content (AvgIpc) is 2.95. The van der Waals surface area contributed by atoms with E-state index in [1.165, 1.54) is 6.08 Å². The van der Waals surface area contributed by atoms with E-state index in [1.807, 2.05) is 35.0 Å². The quantitative estimate of drug-likeness (QED) is 0.886. The number of hydrogen-bond acceptors (Lipinski definition) is 3. The molecule has 108 valence electrons. The van der Waals surface area contributed by atoms with Crippen molar-refractivity contribution in [2.24, 2.45) is 0 Å².